The Kier molecular flexibility index (Phi) is 2.65. The molecule has 0 aromatic carbocycles. The number of H-pyrrole nitrogens is 1. The smallest absolute Gasteiger partial charge is 0.219 e. The second-order valence-corrected chi connectivity index (χ2v) is 2.99. The van der Waals surface area contributed by atoms with Gasteiger partial charge in [-0.25, -0.2) is 0 Å². The molecule has 0 spiro atoms. The average Bonchev–Trinajstić information content (AvgIpc) is 2.28. The largest absolute Gasteiger partial charge is 0.370 e. The van der Waals surface area contributed by atoms with Crippen molar-refractivity contribution in [2.24, 2.45) is 5.73 Å². The Labute approximate surface area is 75.4 Å². The van der Waals surface area contributed by atoms with Crippen LogP contribution in [-0.2, 0) is 11.3 Å². The molecule has 0 aliphatic rings. The normalized spacial score (nSPS) is 10.1. The van der Waals surface area contributed by atoms with Crippen LogP contribution in [0.3, 0.4) is 0 Å². The van der Waals surface area contributed by atoms with Gasteiger partial charge in [-0.05, 0) is 19.1 Å². The van der Waals surface area contributed by atoms with Crippen LogP contribution in [0.25, 0.3) is 0 Å². The quantitative estimate of drug-likeness (QED) is 0.682. The van der Waals surface area contributed by atoms with Crippen LogP contribution in [0, 0.1) is 11.7 Å². The van der Waals surface area contributed by atoms with Crippen LogP contribution in [0.1, 0.15) is 12.1 Å². The van der Waals surface area contributed by atoms with E-state index < -0.39 is 0 Å². The third-order valence-corrected chi connectivity index (χ3v) is 2.00. The van der Waals surface area contributed by atoms with Gasteiger partial charge in [0.2, 0.25) is 5.91 Å². The van der Waals surface area contributed by atoms with Crippen molar-refractivity contribution >= 4 is 18.1 Å². The van der Waals surface area contributed by atoms with Gasteiger partial charge in [0, 0.05) is 24.9 Å². The number of nitrogens with zero attached hydrogens (tertiary/aromatic N) is 1. The maximum absolute atomic E-state index is 10.5. The minimum atomic E-state index is -0.308. The molecule has 5 heteroatoms. The first-order chi connectivity index (χ1) is 5.61. The molecule has 0 aliphatic heterocycles. The molecule has 1 aromatic heterocycles. The summed E-state index contributed by atoms with van der Waals surface area (Å²) in [6, 6.07) is 0. The van der Waals surface area contributed by atoms with E-state index in [9.17, 15) is 4.79 Å². The minimum absolute atomic E-state index is 0.308. The predicted molar refractivity (Wildman–Crippen MR) is 48.2 cm³/mol. The summed E-state index contributed by atoms with van der Waals surface area (Å²) in [7, 11) is 0. The first kappa shape index (κ1) is 8.99. The lowest BCUT2D eigenvalue weighted by Crippen LogP contribution is -2.14. The van der Waals surface area contributed by atoms with Crippen LogP contribution in [0.5, 0.6) is 0 Å². The van der Waals surface area contributed by atoms with Crippen LogP contribution in [-0.4, -0.2) is 15.5 Å². The van der Waals surface area contributed by atoms with Gasteiger partial charge in [0.25, 0.3) is 0 Å². The van der Waals surface area contributed by atoms with E-state index in [1.807, 2.05) is 17.7 Å². The molecule has 0 saturated carbocycles. The van der Waals surface area contributed by atoms with E-state index in [4.69, 9.17) is 18.0 Å². The zero-order chi connectivity index (χ0) is 9.14. The lowest BCUT2D eigenvalue weighted by molar-refractivity contribution is -0.118. The van der Waals surface area contributed by atoms with Crippen LogP contribution >= 0.6 is 12.2 Å². The number of carbonyl (C=O) groups is 1. The molecular formula is C7H11N3OS. The fourth-order valence-electron chi connectivity index (χ4n) is 0.982. The second-order valence-electron chi connectivity index (χ2n) is 2.60. The number of rotatable bonds is 3. The van der Waals surface area contributed by atoms with Gasteiger partial charge in [-0.15, -0.1) is 0 Å². The molecular weight excluding hydrogens is 174 g/mol. The second kappa shape index (κ2) is 3.53. The van der Waals surface area contributed by atoms with E-state index in [1.165, 1.54) is 0 Å². The third-order valence-electron chi connectivity index (χ3n) is 1.66. The Morgan fingerprint density at radius 1 is 1.83 bits per heavy atom. The van der Waals surface area contributed by atoms with Gasteiger partial charge >= 0.3 is 0 Å². The molecule has 1 rings (SSSR count). The zero-order valence-electron chi connectivity index (χ0n) is 6.83. The fraction of sp³-hybridized carbons (Fsp3) is 0.429. The number of aromatic nitrogens is 2. The number of imidazole rings is 1. The Balaban J connectivity index is 2.75. The first-order valence-electron chi connectivity index (χ1n) is 3.64. The third kappa shape index (κ3) is 1.94. The number of nitrogens with one attached hydrogen (secondary N) is 1. The molecule has 0 bridgehead atoms. The number of hydrogen-bond donors (Lipinski definition) is 2. The number of nitrogens with two attached hydrogens (primary N) is 1. The summed E-state index contributed by atoms with van der Waals surface area (Å²) in [5.74, 6) is -0.308. The van der Waals surface area contributed by atoms with Crippen molar-refractivity contribution in [1.82, 2.24) is 9.55 Å². The molecule has 4 nitrogen and oxygen atoms in total. The van der Waals surface area contributed by atoms with Crippen LogP contribution in [0.2, 0.25) is 0 Å². The van der Waals surface area contributed by atoms with E-state index in [2.05, 4.69) is 4.98 Å². The molecule has 1 amide bonds. The highest BCUT2D eigenvalue weighted by Gasteiger charge is 2.00. The lowest BCUT2D eigenvalue weighted by atomic mass is 10.4. The molecule has 1 heterocycles. The topological polar surface area (TPSA) is 63.8 Å². The highest BCUT2D eigenvalue weighted by molar-refractivity contribution is 7.71. The van der Waals surface area contributed by atoms with Gasteiger partial charge in [-0.1, -0.05) is 0 Å². The molecule has 12 heavy (non-hydrogen) atoms. The standard InChI is InChI=1S/C7H11N3OS/c1-5-4-9-7(12)10(5)3-2-6(8)11/h4H,2-3H2,1H3,(H2,8,11)(H,9,12). The molecule has 0 atom stereocenters. The van der Waals surface area contributed by atoms with Crippen molar-refractivity contribution in [1.29, 1.82) is 0 Å². The molecule has 3 N–H and O–H groups in total. The molecule has 0 radical (unpaired) electrons. The van der Waals surface area contributed by atoms with Crippen molar-refractivity contribution in [3.63, 3.8) is 0 Å². The number of hydrogen-bond acceptors (Lipinski definition) is 2. The number of carbonyl (C=O) groups excluding carboxylic acids is 1. The van der Waals surface area contributed by atoms with Gasteiger partial charge in [0.05, 0.1) is 0 Å². The van der Waals surface area contributed by atoms with E-state index >= 15 is 0 Å². The summed E-state index contributed by atoms with van der Waals surface area (Å²) >= 11 is 4.98. The van der Waals surface area contributed by atoms with Gasteiger partial charge in [0.15, 0.2) is 4.77 Å². The zero-order valence-corrected chi connectivity index (χ0v) is 7.65. The monoisotopic (exact) mass is 185 g/mol. The van der Waals surface area contributed by atoms with Gasteiger partial charge in [0.1, 0.15) is 0 Å². The van der Waals surface area contributed by atoms with Crippen molar-refractivity contribution < 1.29 is 4.79 Å². The number of aryl methyl sites for hydroxylation is 1. The fourth-order valence-corrected chi connectivity index (χ4v) is 1.28. The Hall–Kier alpha value is -1.10. The Bertz CT molecular complexity index is 339. The van der Waals surface area contributed by atoms with Crippen molar-refractivity contribution in [2.75, 3.05) is 0 Å². The summed E-state index contributed by atoms with van der Waals surface area (Å²) < 4.78 is 2.48. The number of aromatic amines is 1. The SMILES string of the molecule is Cc1c[nH]c(=S)n1CCC(N)=O. The maximum atomic E-state index is 10.5. The lowest BCUT2D eigenvalue weighted by Gasteiger charge is -2.01. The van der Waals surface area contributed by atoms with E-state index in [0.717, 1.165) is 5.69 Å². The Morgan fingerprint density at radius 3 is 2.92 bits per heavy atom. The molecule has 1 aromatic rings. The van der Waals surface area contributed by atoms with Crippen molar-refractivity contribution in [2.45, 2.75) is 19.9 Å². The summed E-state index contributed by atoms with van der Waals surface area (Å²) in [6.07, 6.45) is 2.14. The molecule has 66 valence electrons. The van der Waals surface area contributed by atoms with E-state index in [0.29, 0.717) is 17.7 Å². The highest BCUT2D eigenvalue weighted by Crippen LogP contribution is 2.00. The summed E-state index contributed by atoms with van der Waals surface area (Å²) in [5.41, 5.74) is 6.03. The first-order valence-corrected chi connectivity index (χ1v) is 4.05. The average molecular weight is 185 g/mol. The van der Waals surface area contributed by atoms with Gasteiger partial charge < -0.3 is 15.3 Å². The molecule has 0 saturated heterocycles. The van der Waals surface area contributed by atoms with E-state index in [1.54, 1.807) is 0 Å². The van der Waals surface area contributed by atoms with E-state index in [-0.39, 0.29) is 5.91 Å². The maximum Gasteiger partial charge on any atom is 0.219 e. The number of amides is 1. The molecule has 0 unspecified atom stereocenters. The Morgan fingerprint density at radius 2 is 2.50 bits per heavy atom. The van der Waals surface area contributed by atoms with Crippen LogP contribution < -0.4 is 5.73 Å². The predicted octanol–water partition coefficient (Wildman–Crippen LogP) is 0.730. The summed E-state index contributed by atoms with van der Waals surface area (Å²) in [6.45, 7) is 2.48. The molecule has 0 aliphatic carbocycles. The molecule has 0 fully saturated rings. The summed E-state index contributed by atoms with van der Waals surface area (Å²) in [4.78, 5) is 13.4. The van der Waals surface area contributed by atoms with Crippen LogP contribution in [0.4, 0.5) is 0 Å². The highest BCUT2D eigenvalue weighted by atomic mass is 32.1. The number of primary amides is 1. The van der Waals surface area contributed by atoms with Crippen LogP contribution in [0.15, 0.2) is 6.20 Å². The van der Waals surface area contributed by atoms with Gasteiger partial charge in [-0.3, -0.25) is 4.79 Å². The van der Waals surface area contributed by atoms with Crippen molar-refractivity contribution in [3.8, 4) is 0 Å². The van der Waals surface area contributed by atoms with Crippen molar-refractivity contribution in [3.05, 3.63) is 16.7 Å². The summed E-state index contributed by atoms with van der Waals surface area (Å²) in [5, 5.41) is 0. The van der Waals surface area contributed by atoms with Gasteiger partial charge in [-0.2, -0.15) is 0 Å². The minimum Gasteiger partial charge on any atom is -0.370 e.